The molecule has 7 nitrogen and oxygen atoms in total. The molecule has 4 heterocycles. The van der Waals surface area contributed by atoms with E-state index in [2.05, 4.69) is 36.3 Å². The number of piperidine rings is 1. The highest BCUT2D eigenvalue weighted by atomic mass is 19.1. The fourth-order valence-electron chi connectivity index (χ4n) is 4.98. The first kappa shape index (κ1) is 21.6. The first-order valence-corrected chi connectivity index (χ1v) is 11.9. The van der Waals surface area contributed by atoms with Gasteiger partial charge in [0.2, 0.25) is 0 Å². The molecule has 1 aliphatic heterocycles. The van der Waals surface area contributed by atoms with E-state index in [-0.39, 0.29) is 11.7 Å². The van der Waals surface area contributed by atoms with E-state index in [0.717, 1.165) is 70.6 Å². The van der Waals surface area contributed by atoms with E-state index in [1.165, 1.54) is 0 Å². The van der Waals surface area contributed by atoms with Crippen molar-refractivity contribution in [1.29, 1.82) is 0 Å². The van der Waals surface area contributed by atoms with Crippen LogP contribution in [0.4, 0.5) is 4.39 Å². The Kier molecular flexibility index (Phi) is 5.58. The number of aryl methyl sites for hydroxylation is 1. The lowest BCUT2D eigenvalue weighted by molar-refractivity contribution is 0.194. The largest absolute Gasteiger partial charge is 0.298 e. The number of hydrogen-bond donors (Lipinski definition) is 2. The van der Waals surface area contributed by atoms with Gasteiger partial charge in [0.25, 0.3) is 0 Å². The summed E-state index contributed by atoms with van der Waals surface area (Å²) in [5.41, 5.74) is 5.56. The smallest absolute Gasteiger partial charge is 0.181 e. The van der Waals surface area contributed by atoms with Crippen LogP contribution in [0.25, 0.3) is 33.5 Å². The van der Waals surface area contributed by atoms with Crippen molar-refractivity contribution < 1.29 is 4.39 Å². The van der Waals surface area contributed by atoms with Crippen LogP contribution in [-0.4, -0.2) is 48.4 Å². The zero-order valence-corrected chi connectivity index (χ0v) is 19.5. The number of hydrogen-bond acceptors (Lipinski definition) is 5. The second-order valence-corrected chi connectivity index (χ2v) is 9.22. The molecule has 8 heteroatoms. The monoisotopic (exact) mass is 467 g/mol. The molecule has 0 amide bonds. The van der Waals surface area contributed by atoms with Crippen molar-refractivity contribution in [2.75, 3.05) is 13.1 Å². The molecule has 3 aromatic heterocycles. The minimum atomic E-state index is -0.130. The number of nitrogens with zero attached hydrogens (tertiary/aromatic N) is 5. The molecule has 1 aliphatic rings. The lowest BCUT2D eigenvalue weighted by Crippen LogP contribution is -2.34. The van der Waals surface area contributed by atoms with Crippen LogP contribution in [0.1, 0.15) is 35.7 Å². The average Bonchev–Trinajstić information content (AvgIpc) is 3.54. The van der Waals surface area contributed by atoms with Gasteiger partial charge in [-0.15, -0.1) is 0 Å². The van der Waals surface area contributed by atoms with E-state index in [1.807, 2.05) is 37.3 Å². The van der Waals surface area contributed by atoms with Gasteiger partial charge in [-0.25, -0.2) is 9.37 Å². The van der Waals surface area contributed by atoms with E-state index in [0.29, 0.717) is 12.4 Å². The number of H-pyrrole nitrogens is 2. The van der Waals surface area contributed by atoms with Crippen molar-refractivity contribution in [3.63, 3.8) is 0 Å². The van der Waals surface area contributed by atoms with Crippen LogP contribution >= 0.6 is 0 Å². The molecule has 1 saturated heterocycles. The van der Waals surface area contributed by atoms with Crippen molar-refractivity contribution in [2.24, 2.45) is 0 Å². The zero-order chi connectivity index (χ0) is 23.8. The molecule has 1 atom stereocenters. The Bertz CT molecular complexity index is 1450. The van der Waals surface area contributed by atoms with Crippen LogP contribution in [0.15, 0.2) is 60.9 Å². The lowest BCUT2D eigenvalue weighted by atomic mass is 9.96. The Morgan fingerprint density at radius 2 is 1.91 bits per heavy atom. The van der Waals surface area contributed by atoms with Gasteiger partial charge in [-0.1, -0.05) is 12.1 Å². The number of nitrogens with one attached hydrogen (secondary N) is 2. The number of pyridine rings is 1. The maximum Gasteiger partial charge on any atom is 0.181 e. The van der Waals surface area contributed by atoms with Crippen molar-refractivity contribution in [3.05, 3.63) is 83.7 Å². The maximum absolute atomic E-state index is 14.4. The summed E-state index contributed by atoms with van der Waals surface area (Å²) in [6, 6.07) is 15.3. The number of aromatic nitrogens is 6. The topological polar surface area (TPSA) is 86.4 Å². The van der Waals surface area contributed by atoms with Crippen LogP contribution in [-0.2, 0) is 6.54 Å². The minimum Gasteiger partial charge on any atom is -0.298 e. The zero-order valence-electron chi connectivity index (χ0n) is 19.5. The number of benzene rings is 2. The van der Waals surface area contributed by atoms with Crippen molar-refractivity contribution in [2.45, 2.75) is 32.2 Å². The number of rotatable bonds is 5. The molecular weight excluding hydrogens is 441 g/mol. The summed E-state index contributed by atoms with van der Waals surface area (Å²) < 4.78 is 14.4. The van der Waals surface area contributed by atoms with Gasteiger partial charge < -0.3 is 0 Å². The third-order valence-corrected chi connectivity index (χ3v) is 6.90. The quantitative estimate of drug-likeness (QED) is 0.369. The predicted molar refractivity (Wildman–Crippen MR) is 133 cm³/mol. The fraction of sp³-hybridized carbons (Fsp3) is 0.259. The van der Waals surface area contributed by atoms with Gasteiger partial charge in [-0.2, -0.15) is 10.2 Å². The second kappa shape index (κ2) is 9.03. The summed E-state index contributed by atoms with van der Waals surface area (Å²) in [7, 11) is 0. The van der Waals surface area contributed by atoms with E-state index in [4.69, 9.17) is 4.98 Å². The van der Waals surface area contributed by atoms with Gasteiger partial charge in [0.05, 0.1) is 5.52 Å². The number of likely N-dealkylation sites (tertiary alicyclic amines) is 1. The molecule has 5 aromatic rings. The fourth-order valence-corrected chi connectivity index (χ4v) is 4.98. The predicted octanol–water partition coefficient (Wildman–Crippen LogP) is 5.24. The summed E-state index contributed by atoms with van der Waals surface area (Å²) in [6.07, 6.45) is 5.61. The van der Waals surface area contributed by atoms with E-state index in [9.17, 15) is 4.39 Å². The third-order valence-electron chi connectivity index (χ3n) is 6.90. The van der Waals surface area contributed by atoms with Gasteiger partial charge in [0, 0.05) is 53.5 Å². The van der Waals surface area contributed by atoms with Crippen LogP contribution < -0.4 is 0 Å². The van der Waals surface area contributed by atoms with Crippen molar-refractivity contribution in [3.8, 4) is 22.6 Å². The summed E-state index contributed by atoms with van der Waals surface area (Å²) >= 11 is 0. The highest BCUT2D eigenvalue weighted by molar-refractivity contribution is 5.95. The molecule has 35 heavy (non-hydrogen) atoms. The van der Waals surface area contributed by atoms with Crippen LogP contribution in [0.5, 0.6) is 0 Å². The molecule has 0 radical (unpaired) electrons. The van der Waals surface area contributed by atoms with Crippen molar-refractivity contribution in [1.82, 2.24) is 35.3 Å². The summed E-state index contributed by atoms with van der Waals surface area (Å²) in [5, 5.41) is 16.3. The molecule has 0 bridgehead atoms. The third kappa shape index (κ3) is 4.21. The Morgan fingerprint density at radius 1 is 1.03 bits per heavy atom. The van der Waals surface area contributed by atoms with E-state index in [1.54, 1.807) is 24.5 Å². The first-order chi connectivity index (χ1) is 17.2. The van der Waals surface area contributed by atoms with Gasteiger partial charge in [-0.05, 0) is 68.3 Å². The van der Waals surface area contributed by atoms with Gasteiger partial charge in [0.15, 0.2) is 5.82 Å². The molecule has 0 saturated carbocycles. The molecular formula is C27H26FN7. The van der Waals surface area contributed by atoms with Crippen LogP contribution in [0.2, 0.25) is 0 Å². The Labute approximate surface area is 202 Å². The number of aromatic amines is 2. The molecule has 1 fully saturated rings. The normalized spacial score (nSPS) is 16.7. The Balaban J connectivity index is 1.23. The summed E-state index contributed by atoms with van der Waals surface area (Å²) in [4.78, 5) is 11.3. The highest BCUT2D eigenvalue weighted by Crippen LogP contribution is 2.31. The second-order valence-electron chi connectivity index (χ2n) is 9.22. The summed E-state index contributed by atoms with van der Waals surface area (Å²) in [5.74, 6) is 1.67. The SMILES string of the molecule is Cc1cccc(F)c1CN1CCC[C@@H](c2nc(-c3ccc4[nH]nc(-c5ccncc5)c4c3)n[nH]2)C1. The molecule has 2 N–H and O–H groups in total. The summed E-state index contributed by atoms with van der Waals surface area (Å²) in [6.45, 7) is 4.38. The standard InChI is InChI=1S/C27H26FN7/c1-17-4-2-6-23(28)22(17)16-35-13-3-5-20(15-35)27-30-26(33-34-27)19-7-8-24-21(14-19)25(32-31-24)18-9-11-29-12-10-18/h2,4,6-12,14,20H,3,5,13,15-16H2,1H3,(H,31,32)(H,30,33,34)/t20-/m1/s1. The Morgan fingerprint density at radius 3 is 2.77 bits per heavy atom. The Hall–Kier alpha value is -3.91. The van der Waals surface area contributed by atoms with Crippen LogP contribution in [0.3, 0.4) is 0 Å². The van der Waals surface area contributed by atoms with Gasteiger partial charge in [-0.3, -0.25) is 20.1 Å². The van der Waals surface area contributed by atoms with Gasteiger partial charge in [0.1, 0.15) is 17.3 Å². The van der Waals surface area contributed by atoms with Gasteiger partial charge >= 0.3 is 0 Å². The number of halogens is 1. The van der Waals surface area contributed by atoms with E-state index < -0.39 is 0 Å². The molecule has 2 aromatic carbocycles. The molecule has 176 valence electrons. The lowest BCUT2D eigenvalue weighted by Gasteiger charge is -2.32. The first-order valence-electron chi connectivity index (χ1n) is 11.9. The number of fused-ring (bicyclic) bond motifs is 1. The van der Waals surface area contributed by atoms with E-state index >= 15 is 0 Å². The minimum absolute atomic E-state index is 0.130. The molecule has 6 rings (SSSR count). The molecule has 0 aliphatic carbocycles. The van der Waals surface area contributed by atoms with Crippen molar-refractivity contribution >= 4 is 10.9 Å². The molecule has 0 unspecified atom stereocenters. The molecule has 0 spiro atoms. The highest BCUT2D eigenvalue weighted by Gasteiger charge is 2.25. The maximum atomic E-state index is 14.4. The van der Waals surface area contributed by atoms with Crippen LogP contribution in [0, 0.1) is 12.7 Å². The average molecular weight is 468 g/mol.